The number of carboxylic acids is 1. The lowest BCUT2D eigenvalue weighted by molar-refractivity contribution is -0.138. The van der Waals surface area contributed by atoms with Crippen LogP contribution in [0, 0.1) is 11.6 Å². The van der Waals surface area contributed by atoms with E-state index in [0.717, 1.165) is 10.4 Å². The van der Waals surface area contributed by atoms with Gasteiger partial charge in [-0.3, -0.25) is 14.9 Å². The minimum Gasteiger partial charge on any atom is -0.480 e. The van der Waals surface area contributed by atoms with Crippen molar-refractivity contribution in [2.45, 2.75) is 39.3 Å². The molecule has 1 unspecified atom stereocenters. The summed E-state index contributed by atoms with van der Waals surface area (Å²) in [5, 5.41) is 14.3. The van der Waals surface area contributed by atoms with Crippen LogP contribution in [-0.4, -0.2) is 34.7 Å². The van der Waals surface area contributed by atoms with Crippen LogP contribution in [0.2, 0.25) is 0 Å². The van der Waals surface area contributed by atoms with E-state index in [-0.39, 0.29) is 17.1 Å². The fourth-order valence-electron chi connectivity index (χ4n) is 4.51. The Morgan fingerprint density at radius 1 is 0.826 bits per heavy atom. The number of anilines is 1. The molecule has 236 valence electrons. The lowest BCUT2D eigenvalue weighted by Crippen LogP contribution is -2.38. The van der Waals surface area contributed by atoms with Gasteiger partial charge in [-0.2, -0.15) is 0 Å². The zero-order valence-corrected chi connectivity index (χ0v) is 26.1. The van der Waals surface area contributed by atoms with Crippen LogP contribution in [0.15, 0.2) is 89.3 Å². The Morgan fingerprint density at radius 3 is 2.09 bits per heavy atom. The van der Waals surface area contributed by atoms with Crippen molar-refractivity contribution in [1.29, 1.82) is 0 Å². The molecular formula is C35H30F2N2O6S. The number of aliphatic carboxylic acids is 1. The molecule has 0 aliphatic rings. The molecule has 3 N–H and O–H groups in total. The van der Waals surface area contributed by atoms with Crippen LogP contribution in [0.3, 0.4) is 0 Å². The van der Waals surface area contributed by atoms with Gasteiger partial charge in [0.15, 0.2) is 5.76 Å². The number of hydrogen-bond acceptors (Lipinski definition) is 6. The molecule has 2 aromatic heterocycles. The zero-order chi connectivity index (χ0) is 33.2. The second-order valence-corrected chi connectivity index (χ2v) is 12.5. The molecule has 0 spiro atoms. The Bertz CT molecular complexity index is 1910. The molecule has 8 nitrogen and oxygen atoms in total. The molecule has 46 heavy (non-hydrogen) atoms. The SMILES string of the molecule is CC(NC(=O)c1oc(-c2ccc(F)cc2)cc1-c1ccc(-c2ccc(-c3ccc(NC(=O)OC(C)(C)C)cc3)s2)c(F)c1)C(=O)O. The third-order valence-corrected chi connectivity index (χ3v) is 7.92. The molecule has 0 bridgehead atoms. The first-order valence-corrected chi connectivity index (χ1v) is 15.0. The first-order valence-electron chi connectivity index (χ1n) is 14.2. The molecule has 0 saturated heterocycles. The van der Waals surface area contributed by atoms with Crippen LogP contribution < -0.4 is 10.6 Å². The van der Waals surface area contributed by atoms with E-state index in [4.69, 9.17) is 9.15 Å². The summed E-state index contributed by atoms with van der Waals surface area (Å²) in [5.41, 5.74) is 2.22. The number of rotatable bonds is 8. The number of carbonyl (C=O) groups excluding carboxylic acids is 2. The van der Waals surface area contributed by atoms with E-state index >= 15 is 4.39 Å². The van der Waals surface area contributed by atoms with E-state index in [1.165, 1.54) is 54.7 Å². The summed E-state index contributed by atoms with van der Waals surface area (Å²) in [6, 6.07) is 21.2. The summed E-state index contributed by atoms with van der Waals surface area (Å²) in [4.78, 5) is 38.0. The first-order chi connectivity index (χ1) is 21.8. The molecule has 2 heterocycles. The molecular weight excluding hydrogens is 614 g/mol. The van der Waals surface area contributed by atoms with Gasteiger partial charge in [-0.15, -0.1) is 11.3 Å². The zero-order valence-electron chi connectivity index (χ0n) is 25.3. The fourth-order valence-corrected chi connectivity index (χ4v) is 5.55. The molecule has 0 fully saturated rings. The van der Waals surface area contributed by atoms with Gasteiger partial charge in [-0.25, -0.2) is 13.6 Å². The van der Waals surface area contributed by atoms with Gasteiger partial charge >= 0.3 is 12.1 Å². The Kier molecular flexibility index (Phi) is 9.06. The van der Waals surface area contributed by atoms with Gasteiger partial charge in [0, 0.05) is 32.1 Å². The summed E-state index contributed by atoms with van der Waals surface area (Å²) >= 11 is 1.38. The van der Waals surface area contributed by atoms with Crippen molar-refractivity contribution in [3.8, 4) is 43.3 Å². The summed E-state index contributed by atoms with van der Waals surface area (Å²) in [6.07, 6.45) is -0.553. The van der Waals surface area contributed by atoms with Crippen LogP contribution in [-0.2, 0) is 9.53 Å². The highest BCUT2D eigenvalue weighted by molar-refractivity contribution is 7.18. The van der Waals surface area contributed by atoms with E-state index in [0.29, 0.717) is 27.3 Å². The monoisotopic (exact) mass is 644 g/mol. The van der Waals surface area contributed by atoms with Crippen molar-refractivity contribution in [2.75, 3.05) is 5.32 Å². The van der Waals surface area contributed by atoms with Crippen molar-refractivity contribution < 1.29 is 37.4 Å². The van der Waals surface area contributed by atoms with Gasteiger partial charge in [0.1, 0.15) is 29.0 Å². The standard InChI is InChI=1S/C35H30F2N2O6S/c1-19(33(41)42)38-32(40)31-26(18-28(44-31)20-5-10-23(36)11-6-20)22-9-14-25(27(37)17-22)30-16-15-29(46-30)21-7-12-24(13-8-21)39-34(43)45-35(2,3)4/h5-19H,1-4H3,(H,38,40)(H,39,43)(H,41,42). The van der Waals surface area contributed by atoms with Crippen LogP contribution in [0.5, 0.6) is 0 Å². The molecule has 2 amide bonds. The minimum atomic E-state index is -1.24. The van der Waals surface area contributed by atoms with Gasteiger partial charge in [0.25, 0.3) is 5.91 Å². The lowest BCUT2D eigenvalue weighted by Gasteiger charge is -2.19. The number of thiophene rings is 1. The molecule has 0 saturated carbocycles. The third-order valence-electron chi connectivity index (χ3n) is 6.75. The summed E-state index contributed by atoms with van der Waals surface area (Å²) < 4.78 is 40.3. The van der Waals surface area contributed by atoms with Gasteiger partial charge in [-0.05, 0) is 106 Å². The number of benzene rings is 3. The van der Waals surface area contributed by atoms with E-state index < -0.39 is 41.2 Å². The minimum absolute atomic E-state index is 0.206. The molecule has 0 aliphatic heterocycles. The van der Waals surface area contributed by atoms with E-state index in [1.807, 2.05) is 24.3 Å². The summed E-state index contributed by atoms with van der Waals surface area (Å²) in [5.74, 6) is -3.01. The van der Waals surface area contributed by atoms with Gasteiger partial charge in [-0.1, -0.05) is 18.2 Å². The molecule has 5 rings (SSSR count). The number of furan rings is 1. The molecule has 0 radical (unpaired) electrons. The quantitative estimate of drug-likeness (QED) is 0.155. The van der Waals surface area contributed by atoms with Crippen molar-refractivity contribution in [2.24, 2.45) is 0 Å². The Morgan fingerprint density at radius 2 is 1.46 bits per heavy atom. The van der Waals surface area contributed by atoms with Crippen LogP contribution in [0.25, 0.3) is 43.3 Å². The van der Waals surface area contributed by atoms with Crippen LogP contribution in [0.1, 0.15) is 38.2 Å². The number of carboxylic acid groups (broad SMARTS) is 1. The van der Waals surface area contributed by atoms with Gasteiger partial charge in [0.05, 0.1) is 0 Å². The number of ether oxygens (including phenoxy) is 1. The Balaban J connectivity index is 1.40. The fraction of sp³-hybridized carbons (Fsp3) is 0.171. The predicted octanol–water partition coefficient (Wildman–Crippen LogP) is 8.84. The number of hydrogen-bond donors (Lipinski definition) is 3. The number of halogens is 2. The van der Waals surface area contributed by atoms with E-state index in [9.17, 15) is 23.9 Å². The van der Waals surface area contributed by atoms with E-state index in [1.54, 1.807) is 45.0 Å². The number of amides is 2. The predicted molar refractivity (Wildman–Crippen MR) is 173 cm³/mol. The van der Waals surface area contributed by atoms with Crippen molar-refractivity contribution in [3.63, 3.8) is 0 Å². The molecule has 3 aromatic carbocycles. The van der Waals surface area contributed by atoms with Crippen molar-refractivity contribution >= 4 is 35.0 Å². The van der Waals surface area contributed by atoms with Gasteiger partial charge < -0.3 is 19.6 Å². The highest BCUT2D eigenvalue weighted by atomic mass is 32.1. The van der Waals surface area contributed by atoms with Gasteiger partial charge in [0.2, 0.25) is 0 Å². The van der Waals surface area contributed by atoms with Crippen LogP contribution in [0.4, 0.5) is 19.3 Å². The van der Waals surface area contributed by atoms with Crippen LogP contribution >= 0.6 is 11.3 Å². The maximum absolute atomic E-state index is 15.7. The number of carbonyl (C=O) groups is 3. The first kappa shape index (κ1) is 32.1. The normalized spacial score (nSPS) is 12.0. The second kappa shape index (κ2) is 13.0. The summed E-state index contributed by atoms with van der Waals surface area (Å²) in [7, 11) is 0. The topological polar surface area (TPSA) is 118 Å². The maximum atomic E-state index is 15.7. The lowest BCUT2D eigenvalue weighted by atomic mass is 10.0. The van der Waals surface area contributed by atoms with E-state index in [2.05, 4.69) is 10.6 Å². The molecule has 11 heteroatoms. The summed E-state index contributed by atoms with van der Waals surface area (Å²) in [6.45, 7) is 6.66. The highest BCUT2D eigenvalue weighted by Crippen LogP contribution is 2.39. The van der Waals surface area contributed by atoms with Crippen molar-refractivity contribution in [3.05, 3.63) is 102 Å². The smallest absolute Gasteiger partial charge is 0.412 e. The van der Waals surface area contributed by atoms with Crippen molar-refractivity contribution in [1.82, 2.24) is 5.32 Å². The average Bonchev–Trinajstić information content (AvgIpc) is 3.65. The highest BCUT2D eigenvalue weighted by Gasteiger charge is 2.25. The Labute approximate surface area is 267 Å². The average molecular weight is 645 g/mol. The Hall–Kier alpha value is -5.29. The molecule has 0 aliphatic carbocycles. The molecule has 1 atom stereocenters. The largest absolute Gasteiger partial charge is 0.480 e. The third kappa shape index (κ3) is 7.49. The second-order valence-electron chi connectivity index (χ2n) is 11.5. The maximum Gasteiger partial charge on any atom is 0.412 e. The molecule has 5 aromatic rings. The number of nitrogens with one attached hydrogen (secondary N) is 2.